The zero-order valence-corrected chi connectivity index (χ0v) is 9.06. The molecule has 0 spiro atoms. The van der Waals surface area contributed by atoms with Crippen LogP contribution in [0.5, 0.6) is 11.5 Å². The molecule has 16 heavy (non-hydrogen) atoms. The number of hydrogen-bond donors (Lipinski definition) is 4. The second kappa shape index (κ2) is 4.72. The van der Waals surface area contributed by atoms with Gasteiger partial charge < -0.3 is 15.4 Å². The van der Waals surface area contributed by atoms with Crippen LogP contribution in [0.15, 0.2) is 18.2 Å². The van der Waals surface area contributed by atoms with Gasteiger partial charge >= 0.3 is 0 Å². The van der Waals surface area contributed by atoms with E-state index in [1.807, 2.05) is 0 Å². The minimum absolute atomic E-state index is 0.0777. The molecule has 1 saturated carbocycles. The average Bonchev–Trinajstić information content (AvgIpc) is 2.29. The van der Waals surface area contributed by atoms with Crippen LogP contribution in [0.1, 0.15) is 37.2 Å². The zero-order chi connectivity index (χ0) is 11.5. The van der Waals surface area contributed by atoms with E-state index >= 15 is 0 Å². The lowest BCUT2D eigenvalue weighted by atomic mass is 9.81. The van der Waals surface area contributed by atoms with E-state index in [2.05, 4.69) is 5.48 Å². The molecule has 88 valence electrons. The summed E-state index contributed by atoms with van der Waals surface area (Å²) in [4.78, 5) is 0. The number of hydroxylamine groups is 1. The summed E-state index contributed by atoms with van der Waals surface area (Å²) in [7, 11) is 0. The molecule has 0 aliphatic heterocycles. The van der Waals surface area contributed by atoms with E-state index in [4.69, 9.17) is 5.21 Å². The molecular formula is C12H17NO3. The van der Waals surface area contributed by atoms with E-state index in [-0.39, 0.29) is 23.5 Å². The van der Waals surface area contributed by atoms with E-state index in [1.54, 1.807) is 12.1 Å². The van der Waals surface area contributed by atoms with Crippen molar-refractivity contribution in [1.29, 1.82) is 0 Å². The number of benzene rings is 1. The van der Waals surface area contributed by atoms with Gasteiger partial charge in [-0.15, -0.1) is 0 Å². The molecule has 0 radical (unpaired) electrons. The van der Waals surface area contributed by atoms with Gasteiger partial charge in [0.25, 0.3) is 0 Å². The summed E-state index contributed by atoms with van der Waals surface area (Å²) >= 11 is 0. The van der Waals surface area contributed by atoms with Crippen LogP contribution < -0.4 is 5.48 Å². The van der Waals surface area contributed by atoms with Gasteiger partial charge in [-0.2, -0.15) is 0 Å². The van der Waals surface area contributed by atoms with Crippen LogP contribution in [0, 0.1) is 0 Å². The summed E-state index contributed by atoms with van der Waals surface area (Å²) in [6.45, 7) is 0. The molecule has 1 aromatic carbocycles. The van der Waals surface area contributed by atoms with Crippen LogP contribution in [0.2, 0.25) is 0 Å². The van der Waals surface area contributed by atoms with Crippen molar-refractivity contribution in [3.05, 3.63) is 23.8 Å². The number of rotatable bonds is 2. The van der Waals surface area contributed by atoms with E-state index in [0.29, 0.717) is 0 Å². The first-order valence-electron chi connectivity index (χ1n) is 5.62. The van der Waals surface area contributed by atoms with Crippen molar-refractivity contribution in [1.82, 2.24) is 5.48 Å². The van der Waals surface area contributed by atoms with Crippen LogP contribution >= 0.6 is 0 Å². The Kier molecular flexibility index (Phi) is 3.31. The van der Waals surface area contributed by atoms with E-state index in [9.17, 15) is 10.2 Å². The first kappa shape index (κ1) is 11.2. The quantitative estimate of drug-likeness (QED) is 0.579. The molecule has 4 N–H and O–H groups in total. The second-order valence-corrected chi connectivity index (χ2v) is 4.43. The topological polar surface area (TPSA) is 72.7 Å². The van der Waals surface area contributed by atoms with E-state index in [0.717, 1.165) is 31.2 Å². The number of nitrogens with one attached hydrogen (secondary N) is 1. The van der Waals surface area contributed by atoms with Crippen molar-refractivity contribution in [2.75, 3.05) is 0 Å². The molecule has 0 amide bonds. The smallest absolute Gasteiger partial charge is 0.122 e. The van der Waals surface area contributed by atoms with Gasteiger partial charge in [-0.3, -0.25) is 0 Å². The largest absolute Gasteiger partial charge is 0.508 e. The maximum absolute atomic E-state index is 9.76. The molecule has 1 aromatic rings. The molecule has 0 aromatic heterocycles. The zero-order valence-electron chi connectivity index (χ0n) is 9.06. The van der Waals surface area contributed by atoms with Gasteiger partial charge in [-0.1, -0.05) is 12.5 Å². The number of phenols is 2. The van der Waals surface area contributed by atoms with Crippen LogP contribution in [0.3, 0.4) is 0 Å². The Morgan fingerprint density at radius 2 is 2.00 bits per heavy atom. The Bertz CT molecular complexity index is 367. The molecule has 1 aliphatic carbocycles. The van der Waals surface area contributed by atoms with Gasteiger partial charge in [0.15, 0.2) is 0 Å². The lowest BCUT2D eigenvalue weighted by Gasteiger charge is -2.28. The average molecular weight is 223 g/mol. The third kappa shape index (κ3) is 2.28. The normalized spacial score (nSPS) is 25.6. The highest BCUT2D eigenvalue weighted by Crippen LogP contribution is 2.38. The maximum Gasteiger partial charge on any atom is 0.122 e. The van der Waals surface area contributed by atoms with E-state index in [1.165, 1.54) is 6.07 Å². The van der Waals surface area contributed by atoms with Gasteiger partial charge in [0.2, 0.25) is 0 Å². The van der Waals surface area contributed by atoms with Gasteiger partial charge in [-0.05, 0) is 36.8 Å². The minimum atomic E-state index is 0.0777. The fourth-order valence-corrected chi connectivity index (χ4v) is 2.47. The second-order valence-electron chi connectivity index (χ2n) is 4.43. The van der Waals surface area contributed by atoms with Gasteiger partial charge in [0.05, 0.1) is 0 Å². The molecule has 2 unspecified atom stereocenters. The highest BCUT2D eigenvalue weighted by molar-refractivity contribution is 5.41. The predicted octanol–water partition coefficient (Wildman–Crippen LogP) is 2.10. The molecule has 2 atom stereocenters. The Morgan fingerprint density at radius 3 is 2.69 bits per heavy atom. The summed E-state index contributed by atoms with van der Waals surface area (Å²) in [6.07, 6.45) is 3.82. The maximum atomic E-state index is 9.76. The lowest BCUT2D eigenvalue weighted by Crippen LogP contribution is -2.30. The molecule has 4 heteroatoms. The number of phenolic OH excluding ortho intramolecular Hbond substituents is 2. The van der Waals surface area contributed by atoms with E-state index < -0.39 is 0 Å². The van der Waals surface area contributed by atoms with Crippen molar-refractivity contribution in [2.45, 2.75) is 37.6 Å². The molecule has 0 saturated heterocycles. The highest BCUT2D eigenvalue weighted by Gasteiger charge is 2.24. The van der Waals surface area contributed by atoms with Crippen molar-refractivity contribution < 1.29 is 15.4 Å². The lowest BCUT2D eigenvalue weighted by molar-refractivity contribution is 0.102. The molecular weight excluding hydrogens is 206 g/mol. The van der Waals surface area contributed by atoms with Crippen LogP contribution in [-0.4, -0.2) is 21.5 Å². The van der Waals surface area contributed by atoms with Gasteiger partial charge in [0.1, 0.15) is 11.5 Å². The molecule has 0 bridgehead atoms. The fourth-order valence-electron chi connectivity index (χ4n) is 2.47. The van der Waals surface area contributed by atoms with Crippen molar-refractivity contribution in [3.8, 4) is 11.5 Å². The summed E-state index contributed by atoms with van der Waals surface area (Å²) in [5, 5.41) is 27.9. The Labute approximate surface area is 94.5 Å². The highest BCUT2D eigenvalue weighted by atomic mass is 16.5. The SMILES string of the molecule is ONC1CCCC(c2ccc(O)cc2O)C1. The predicted molar refractivity (Wildman–Crippen MR) is 59.7 cm³/mol. The molecule has 4 nitrogen and oxygen atoms in total. The first-order valence-corrected chi connectivity index (χ1v) is 5.62. The first-order chi connectivity index (χ1) is 7.70. The number of aromatic hydroxyl groups is 2. The summed E-state index contributed by atoms with van der Waals surface area (Å²) in [6, 6.07) is 4.82. The van der Waals surface area contributed by atoms with Crippen LogP contribution in [0.4, 0.5) is 0 Å². The van der Waals surface area contributed by atoms with Crippen LogP contribution in [0.25, 0.3) is 0 Å². The van der Waals surface area contributed by atoms with Crippen molar-refractivity contribution in [3.63, 3.8) is 0 Å². The summed E-state index contributed by atoms with van der Waals surface area (Å²) < 4.78 is 0. The monoisotopic (exact) mass is 223 g/mol. The Balaban J connectivity index is 2.16. The third-order valence-corrected chi connectivity index (χ3v) is 3.31. The summed E-state index contributed by atoms with van der Waals surface area (Å²) in [5.74, 6) is 0.469. The van der Waals surface area contributed by atoms with Crippen molar-refractivity contribution >= 4 is 0 Å². The summed E-state index contributed by atoms with van der Waals surface area (Å²) in [5.41, 5.74) is 3.16. The van der Waals surface area contributed by atoms with Crippen LogP contribution in [-0.2, 0) is 0 Å². The fraction of sp³-hybridized carbons (Fsp3) is 0.500. The van der Waals surface area contributed by atoms with Gasteiger partial charge in [0, 0.05) is 12.1 Å². The molecule has 0 heterocycles. The van der Waals surface area contributed by atoms with Gasteiger partial charge in [-0.25, -0.2) is 5.48 Å². The molecule has 1 aliphatic rings. The number of hydrogen-bond acceptors (Lipinski definition) is 4. The standard InChI is InChI=1S/C12H17NO3/c14-10-4-5-11(12(15)7-10)8-2-1-3-9(6-8)13-16/h4-5,7-9,13-16H,1-3,6H2. The minimum Gasteiger partial charge on any atom is -0.508 e. The molecule has 2 rings (SSSR count). The third-order valence-electron chi connectivity index (χ3n) is 3.31. The van der Waals surface area contributed by atoms with Crippen molar-refractivity contribution in [2.24, 2.45) is 0 Å². The molecule has 1 fully saturated rings. The Hall–Kier alpha value is -1.26. The Morgan fingerprint density at radius 1 is 1.19 bits per heavy atom.